The highest BCUT2D eigenvalue weighted by Gasteiger charge is 2.17. The van der Waals surface area contributed by atoms with Gasteiger partial charge in [0.05, 0.1) is 12.1 Å². The van der Waals surface area contributed by atoms with Gasteiger partial charge in [-0.25, -0.2) is 8.42 Å². The van der Waals surface area contributed by atoms with E-state index < -0.39 is 15.7 Å². The van der Waals surface area contributed by atoms with Crippen LogP contribution >= 0.6 is 22.9 Å². The van der Waals surface area contributed by atoms with E-state index in [4.69, 9.17) is 25.8 Å². The fourth-order valence-electron chi connectivity index (χ4n) is 2.62. The van der Waals surface area contributed by atoms with Gasteiger partial charge < -0.3 is 14.2 Å². The van der Waals surface area contributed by atoms with Crippen LogP contribution in [0.3, 0.4) is 0 Å². The lowest BCUT2D eigenvalue weighted by Crippen LogP contribution is -2.13. The second-order valence-electron chi connectivity index (χ2n) is 6.83. The fourth-order valence-corrected chi connectivity index (χ4v) is 4.36. The van der Waals surface area contributed by atoms with Gasteiger partial charge >= 0.3 is 0 Å². The van der Waals surface area contributed by atoms with Crippen LogP contribution in [-0.2, 0) is 14.6 Å². The molecule has 10 nitrogen and oxygen atoms in total. The summed E-state index contributed by atoms with van der Waals surface area (Å²) in [5, 5.41) is 19.1. The first kappa shape index (κ1) is 26.0. The number of benzene rings is 2. The number of aromatic nitrogens is 2. The van der Waals surface area contributed by atoms with Crippen molar-refractivity contribution in [1.82, 2.24) is 10.2 Å². The van der Waals surface area contributed by atoms with Crippen LogP contribution in [0.2, 0.25) is 5.02 Å². The Morgan fingerprint density at radius 1 is 1.17 bits per heavy atom. The van der Waals surface area contributed by atoms with Gasteiger partial charge in [-0.3, -0.25) is 10.1 Å². The van der Waals surface area contributed by atoms with Crippen molar-refractivity contribution in [1.29, 1.82) is 5.26 Å². The maximum absolute atomic E-state index is 12.4. The van der Waals surface area contributed by atoms with Gasteiger partial charge in [0, 0.05) is 12.3 Å². The minimum atomic E-state index is -3.55. The molecular weight excluding hydrogens is 516 g/mol. The molecule has 1 amide bonds. The molecule has 0 aliphatic carbocycles. The molecule has 3 aromatic rings. The van der Waals surface area contributed by atoms with Crippen molar-refractivity contribution in [2.24, 2.45) is 0 Å². The van der Waals surface area contributed by atoms with Crippen molar-refractivity contribution in [3.05, 3.63) is 58.6 Å². The molecule has 0 aliphatic heterocycles. The third-order valence-electron chi connectivity index (χ3n) is 4.23. The van der Waals surface area contributed by atoms with Crippen molar-refractivity contribution < 1.29 is 27.4 Å². The molecule has 0 fully saturated rings. The molecule has 1 heterocycles. The number of nitrogens with zero attached hydrogens (tertiary/aromatic N) is 3. The highest BCUT2D eigenvalue weighted by Crippen LogP contribution is 2.27. The van der Waals surface area contributed by atoms with Gasteiger partial charge in [-0.15, -0.1) is 10.2 Å². The summed E-state index contributed by atoms with van der Waals surface area (Å²) >= 11 is 6.96. The summed E-state index contributed by atoms with van der Waals surface area (Å²) in [5.74, 6) is 0.962. The number of hydrogen-bond acceptors (Lipinski definition) is 10. The largest absolute Gasteiger partial charge is 0.497 e. The molecule has 3 rings (SSSR count). The predicted molar refractivity (Wildman–Crippen MR) is 131 cm³/mol. The molecule has 13 heteroatoms. The number of amides is 1. The lowest BCUT2D eigenvalue weighted by Gasteiger charge is -2.11. The van der Waals surface area contributed by atoms with E-state index in [2.05, 4.69) is 15.5 Å². The van der Waals surface area contributed by atoms with Crippen LogP contribution in [-0.4, -0.2) is 51.1 Å². The number of sulfone groups is 1. The molecule has 0 saturated heterocycles. The average molecular weight is 535 g/mol. The van der Waals surface area contributed by atoms with Crippen molar-refractivity contribution in [2.45, 2.75) is 4.34 Å². The first-order valence-electron chi connectivity index (χ1n) is 9.85. The summed E-state index contributed by atoms with van der Waals surface area (Å²) < 4.78 is 39.1. The Labute approximate surface area is 210 Å². The normalized spacial score (nSPS) is 11.4. The van der Waals surface area contributed by atoms with E-state index in [0.717, 1.165) is 6.26 Å². The number of halogens is 1. The number of ether oxygens (including phenoxy) is 3. The molecule has 0 radical (unpaired) electrons. The van der Waals surface area contributed by atoms with Crippen LogP contribution < -0.4 is 19.5 Å². The number of methoxy groups -OCH3 is 1. The maximum Gasteiger partial charge on any atom is 0.268 e. The van der Waals surface area contributed by atoms with Crippen molar-refractivity contribution in [2.75, 3.05) is 31.9 Å². The van der Waals surface area contributed by atoms with Crippen molar-refractivity contribution in [3.63, 3.8) is 0 Å². The van der Waals surface area contributed by atoms with Crippen molar-refractivity contribution >= 4 is 49.9 Å². The molecule has 35 heavy (non-hydrogen) atoms. The fraction of sp³-hybridized carbons (Fsp3) is 0.182. The molecule has 0 unspecified atom stereocenters. The lowest BCUT2D eigenvalue weighted by molar-refractivity contribution is -0.112. The monoisotopic (exact) mass is 534 g/mol. The highest BCUT2D eigenvalue weighted by atomic mass is 35.5. The molecule has 0 atom stereocenters. The second kappa shape index (κ2) is 11.7. The Kier molecular flexibility index (Phi) is 8.64. The second-order valence-corrected chi connectivity index (χ2v) is 10.4. The Bertz CT molecular complexity index is 1400. The highest BCUT2D eigenvalue weighted by molar-refractivity contribution is 7.92. The summed E-state index contributed by atoms with van der Waals surface area (Å²) in [6.45, 7) is 0.506. The Hall–Kier alpha value is -3.66. The van der Waals surface area contributed by atoms with Crippen LogP contribution in [0.4, 0.5) is 5.13 Å². The van der Waals surface area contributed by atoms with E-state index in [-0.39, 0.29) is 33.3 Å². The Morgan fingerprint density at radius 2 is 1.91 bits per heavy atom. The Morgan fingerprint density at radius 3 is 2.57 bits per heavy atom. The standard InChI is InChI=1S/C22H19ClN4O6S2/c1-31-16-4-3-5-17(12-16)32-8-9-33-19-7-6-14(11-18(19)23)10-15(13-24)20(28)25-21-26-27-22(34-21)35(2,29)30/h3-7,10-12H,8-9H2,1-2H3,(H,25,26,28)/b15-10-. The number of nitriles is 1. The first-order chi connectivity index (χ1) is 16.7. The Balaban J connectivity index is 1.59. The zero-order chi connectivity index (χ0) is 25.4. The average Bonchev–Trinajstić information content (AvgIpc) is 3.30. The van der Waals surface area contributed by atoms with Crippen LogP contribution in [0.25, 0.3) is 6.08 Å². The molecule has 1 N–H and O–H groups in total. The molecule has 2 aromatic carbocycles. The third-order valence-corrected chi connectivity index (χ3v) is 7.03. The van der Waals surface area contributed by atoms with Gasteiger partial charge in [0.2, 0.25) is 19.3 Å². The molecular formula is C22H19ClN4O6S2. The topological polar surface area (TPSA) is 140 Å². The van der Waals surface area contributed by atoms with Crippen LogP contribution in [0.5, 0.6) is 17.2 Å². The SMILES string of the molecule is COc1cccc(OCCOc2ccc(/C=C(/C#N)C(=O)Nc3nnc(S(C)(=O)=O)s3)cc2Cl)c1. The van der Waals surface area contributed by atoms with Gasteiger partial charge in [0.25, 0.3) is 5.91 Å². The van der Waals surface area contributed by atoms with E-state index in [1.54, 1.807) is 37.4 Å². The third kappa shape index (κ3) is 7.41. The zero-order valence-corrected chi connectivity index (χ0v) is 20.9. The molecule has 182 valence electrons. The molecule has 0 aliphatic rings. The summed E-state index contributed by atoms with van der Waals surface area (Å²) in [6.07, 6.45) is 2.31. The van der Waals surface area contributed by atoms with Crippen LogP contribution in [0.1, 0.15) is 5.56 Å². The predicted octanol–water partition coefficient (Wildman–Crippen LogP) is 3.61. The van der Waals surface area contributed by atoms with Gasteiger partial charge in [-0.05, 0) is 35.9 Å². The van der Waals surface area contributed by atoms with Crippen LogP contribution in [0.15, 0.2) is 52.4 Å². The lowest BCUT2D eigenvalue weighted by atomic mass is 10.1. The number of anilines is 1. The molecule has 0 spiro atoms. The summed E-state index contributed by atoms with van der Waals surface area (Å²) in [5.41, 5.74) is 0.244. The number of rotatable bonds is 10. The molecule has 0 bridgehead atoms. The minimum Gasteiger partial charge on any atom is -0.497 e. The number of hydrogen-bond donors (Lipinski definition) is 1. The van der Waals surface area contributed by atoms with E-state index in [1.165, 1.54) is 12.1 Å². The first-order valence-corrected chi connectivity index (χ1v) is 12.9. The quantitative estimate of drug-likeness (QED) is 0.179. The minimum absolute atomic E-state index is 0.0467. The summed E-state index contributed by atoms with van der Waals surface area (Å²) in [6, 6.07) is 13.7. The number of carbonyl (C=O) groups is 1. The molecule has 1 aromatic heterocycles. The maximum atomic E-state index is 12.4. The van der Waals surface area contributed by atoms with E-state index in [9.17, 15) is 18.5 Å². The smallest absolute Gasteiger partial charge is 0.268 e. The van der Waals surface area contributed by atoms with E-state index >= 15 is 0 Å². The number of nitrogens with one attached hydrogen (secondary N) is 1. The van der Waals surface area contributed by atoms with E-state index in [0.29, 0.717) is 34.1 Å². The summed E-state index contributed by atoms with van der Waals surface area (Å²) in [4.78, 5) is 12.4. The summed E-state index contributed by atoms with van der Waals surface area (Å²) in [7, 11) is -1.98. The van der Waals surface area contributed by atoms with Gasteiger partial charge in [-0.2, -0.15) is 5.26 Å². The zero-order valence-electron chi connectivity index (χ0n) is 18.5. The molecule has 0 saturated carbocycles. The van der Waals surface area contributed by atoms with Crippen molar-refractivity contribution in [3.8, 4) is 23.3 Å². The van der Waals surface area contributed by atoms with E-state index in [1.807, 2.05) is 12.1 Å². The van der Waals surface area contributed by atoms with Gasteiger partial charge in [0.1, 0.15) is 42.1 Å². The van der Waals surface area contributed by atoms with Crippen LogP contribution in [0, 0.1) is 11.3 Å². The number of carbonyl (C=O) groups excluding carboxylic acids is 1. The van der Waals surface area contributed by atoms with Gasteiger partial charge in [0.15, 0.2) is 0 Å². The van der Waals surface area contributed by atoms with Gasteiger partial charge in [-0.1, -0.05) is 35.1 Å².